The molecule has 5 heteroatoms. The van der Waals surface area contributed by atoms with Crippen molar-refractivity contribution in [3.8, 4) is 5.75 Å². The van der Waals surface area contributed by atoms with Crippen LogP contribution in [0.3, 0.4) is 0 Å². The minimum Gasteiger partial charge on any atom is -0.497 e. The summed E-state index contributed by atoms with van der Waals surface area (Å²) in [4.78, 5) is 14.0. The monoisotopic (exact) mass is 367 g/mol. The highest BCUT2D eigenvalue weighted by Crippen LogP contribution is 2.29. The summed E-state index contributed by atoms with van der Waals surface area (Å²) in [6.07, 6.45) is 0. The van der Waals surface area contributed by atoms with Gasteiger partial charge in [0, 0.05) is 36.3 Å². The Balaban J connectivity index is 2.03. The molecular formula is C22H25NO4. The van der Waals surface area contributed by atoms with E-state index in [2.05, 4.69) is 24.8 Å². The number of hydrogen-bond donors (Lipinski definition) is 1. The Morgan fingerprint density at radius 3 is 2.44 bits per heavy atom. The summed E-state index contributed by atoms with van der Waals surface area (Å²) in [5, 5.41) is 10.4. The van der Waals surface area contributed by atoms with Crippen molar-refractivity contribution < 1.29 is 14.3 Å². The number of anilines is 1. The minimum atomic E-state index is -0.335. The first-order valence-electron chi connectivity index (χ1n) is 9.03. The van der Waals surface area contributed by atoms with E-state index in [0.29, 0.717) is 12.1 Å². The number of fused-ring (bicyclic) bond motifs is 1. The number of nitrogens with zero attached hydrogens (tertiary/aromatic N) is 1. The van der Waals surface area contributed by atoms with Crippen molar-refractivity contribution in [3.63, 3.8) is 0 Å². The minimum absolute atomic E-state index is 0.0320. The second kappa shape index (κ2) is 7.84. The maximum absolute atomic E-state index is 11.8. The van der Waals surface area contributed by atoms with E-state index in [1.54, 1.807) is 7.11 Å². The number of ether oxygens (including phenoxy) is 1. The van der Waals surface area contributed by atoms with Crippen LogP contribution in [0.5, 0.6) is 5.75 Å². The van der Waals surface area contributed by atoms with Crippen LogP contribution in [0, 0.1) is 13.8 Å². The van der Waals surface area contributed by atoms with Crippen LogP contribution < -0.4 is 15.3 Å². The lowest BCUT2D eigenvalue weighted by Crippen LogP contribution is -2.23. The van der Waals surface area contributed by atoms with Gasteiger partial charge in [0.15, 0.2) is 0 Å². The molecule has 0 spiro atoms. The molecule has 3 rings (SSSR count). The Labute approximate surface area is 158 Å². The van der Waals surface area contributed by atoms with Crippen molar-refractivity contribution in [2.24, 2.45) is 0 Å². The first kappa shape index (κ1) is 19.0. The van der Waals surface area contributed by atoms with Gasteiger partial charge in [-0.2, -0.15) is 0 Å². The molecule has 0 bridgehead atoms. The molecule has 0 amide bonds. The molecule has 0 aliphatic rings. The third-order valence-corrected chi connectivity index (χ3v) is 4.81. The van der Waals surface area contributed by atoms with Crippen LogP contribution in [0.1, 0.15) is 29.2 Å². The first-order valence-corrected chi connectivity index (χ1v) is 9.03. The fourth-order valence-corrected chi connectivity index (χ4v) is 3.42. The molecule has 0 fully saturated rings. The summed E-state index contributed by atoms with van der Waals surface area (Å²) >= 11 is 0. The lowest BCUT2D eigenvalue weighted by molar-refractivity contribution is 0.281. The Morgan fingerprint density at radius 2 is 1.78 bits per heavy atom. The Hall–Kier alpha value is -2.79. The number of benzene rings is 2. The quantitative estimate of drug-likeness (QED) is 0.669. The molecule has 0 saturated carbocycles. The maximum atomic E-state index is 11.8. The summed E-state index contributed by atoms with van der Waals surface area (Å²) in [6, 6.07) is 11.3. The van der Waals surface area contributed by atoms with Crippen molar-refractivity contribution in [2.75, 3.05) is 18.6 Å². The van der Waals surface area contributed by atoms with Gasteiger partial charge in [-0.1, -0.05) is 6.07 Å². The lowest BCUT2D eigenvalue weighted by atomic mass is 10.0. The number of hydrogen-bond acceptors (Lipinski definition) is 5. The van der Waals surface area contributed by atoms with Gasteiger partial charge in [-0.25, -0.2) is 4.79 Å². The molecule has 1 N–H and O–H groups in total. The fourth-order valence-electron chi connectivity index (χ4n) is 3.42. The van der Waals surface area contributed by atoms with E-state index in [1.165, 1.54) is 6.07 Å². The molecular weight excluding hydrogens is 342 g/mol. The molecule has 0 radical (unpaired) electrons. The van der Waals surface area contributed by atoms with Crippen molar-refractivity contribution in [3.05, 3.63) is 69.1 Å². The fraction of sp³-hybridized carbons (Fsp3) is 0.318. The highest BCUT2D eigenvalue weighted by Gasteiger charge is 2.13. The van der Waals surface area contributed by atoms with Crippen molar-refractivity contribution in [1.82, 2.24) is 0 Å². The highest BCUT2D eigenvalue weighted by atomic mass is 16.5. The van der Waals surface area contributed by atoms with E-state index in [4.69, 9.17) is 9.15 Å². The average molecular weight is 367 g/mol. The van der Waals surface area contributed by atoms with Gasteiger partial charge in [-0.15, -0.1) is 0 Å². The average Bonchev–Trinajstić information content (AvgIpc) is 2.66. The van der Waals surface area contributed by atoms with Crippen LogP contribution in [0.15, 0.2) is 45.6 Å². The van der Waals surface area contributed by atoms with Gasteiger partial charge >= 0.3 is 5.63 Å². The lowest BCUT2D eigenvalue weighted by Gasteiger charge is -2.26. The molecule has 0 aliphatic heterocycles. The largest absolute Gasteiger partial charge is 0.497 e. The van der Waals surface area contributed by atoms with Gasteiger partial charge in [-0.3, -0.25) is 0 Å². The topological polar surface area (TPSA) is 62.9 Å². The molecule has 1 aromatic heterocycles. The zero-order chi connectivity index (χ0) is 19.6. The third-order valence-electron chi connectivity index (χ3n) is 4.81. The predicted molar refractivity (Wildman–Crippen MR) is 108 cm³/mol. The van der Waals surface area contributed by atoms with E-state index >= 15 is 0 Å². The second-order valence-electron chi connectivity index (χ2n) is 6.74. The summed E-state index contributed by atoms with van der Waals surface area (Å²) in [5.41, 5.74) is 5.18. The normalized spacial score (nSPS) is 11.0. The Bertz CT molecular complexity index is 1000. The van der Waals surface area contributed by atoms with Gasteiger partial charge < -0.3 is 19.2 Å². The molecule has 2 aromatic carbocycles. The first-order chi connectivity index (χ1) is 12.9. The second-order valence-corrected chi connectivity index (χ2v) is 6.74. The van der Waals surface area contributed by atoms with Crippen molar-refractivity contribution in [2.45, 2.75) is 33.9 Å². The number of aliphatic hydroxyl groups excluding tert-OH is 1. The van der Waals surface area contributed by atoms with Crippen LogP contribution in [0.4, 0.5) is 5.69 Å². The smallest absolute Gasteiger partial charge is 0.336 e. The third kappa shape index (κ3) is 3.98. The molecule has 3 aromatic rings. The van der Waals surface area contributed by atoms with E-state index in [0.717, 1.165) is 45.6 Å². The van der Waals surface area contributed by atoms with Crippen LogP contribution in [-0.4, -0.2) is 18.8 Å². The number of aryl methyl sites for hydroxylation is 2. The molecule has 5 nitrogen and oxygen atoms in total. The van der Waals surface area contributed by atoms with E-state index in [9.17, 15) is 9.90 Å². The predicted octanol–water partition coefficient (Wildman–Crippen LogP) is 3.94. The van der Waals surface area contributed by atoms with Gasteiger partial charge in [-0.05, 0) is 61.2 Å². The molecule has 0 unspecified atom stereocenters. The maximum Gasteiger partial charge on any atom is 0.336 e. The van der Waals surface area contributed by atoms with Gasteiger partial charge in [0.25, 0.3) is 0 Å². The summed E-state index contributed by atoms with van der Waals surface area (Å²) < 4.78 is 10.8. The molecule has 27 heavy (non-hydrogen) atoms. The van der Waals surface area contributed by atoms with Crippen LogP contribution in [0.25, 0.3) is 11.0 Å². The Morgan fingerprint density at radius 1 is 1.04 bits per heavy atom. The van der Waals surface area contributed by atoms with Crippen molar-refractivity contribution in [1.29, 1.82) is 0 Å². The highest BCUT2D eigenvalue weighted by molar-refractivity contribution is 5.85. The van der Waals surface area contributed by atoms with Crippen molar-refractivity contribution >= 4 is 16.7 Å². The van der Waals surface area contributed by atoms with E-state index < -0.39 is 0 Å². The Kier molecular flexibility index (Phi) is 5.51. The molecule has 142 valence electrons. The van der Waals surface area contributed by atoms with E-state index in [-0.39, 0.29) is 12.2 Å². The van der Waals surface area contributed by atoms with Gasteiger partial charge in [0.1, 0.15) is 11.3 Å². The zero-order valence-corrected chi connectivity index (χ0v) is 16.2. The summed E-state index contributed by atoms with van der Waals surface area (Å²) in [7, 11) is 1.62. The summed E-state index contributed by atoms with van der Waals surface area (Å²) in [5.74, 6) is 0.726. The number of rotatable bonds is 6. The SMILES string of the molecule is CCN(Cc1cc(CO)cc(OC)c1)c1cc2oc(=O)cc(C)c2cc1C. The van der Waals surface area contributed by atoms with Gasteiger partial charge in [0.2, 0.25) is 0 Å². The number of aliphatic hydroxyl groups is 1. The van der Waals surface area contributed by atoms with E-state index in [1.807, 2.05) is 31.2 Å². The molecule has 0 aliphatic carbocycles. The summed E-state index contributed by atoms with van der Waals surface area (Å²) in [6.45, 7) is 7.48. The van der Waals surface area contributed by atoms with Crippen LogP contribution in [-0.2, 0) is 13.2 Å². The molecule has 1 heterocycles. The number of methoxy groups -OCH3 is 1. The molecule has 0 atom stereocenters. The standard InChI is InChI=1S/C22H25NO4/c1-5-23(12-16-8-17(13-24)10-18(9-16)26-4)20-11-21-19(6-15(20)3)14(2)7-22(25)27-21/h6-11,24H,5,12-13H2,1-4H3. The molecule has 0 saturated heterocycles. The van der Waals surface area contributed by atoms with Crippen LogP contribution in [0.2, 0.25) is 0 Å². The zero-order valence-electron chi connectivity index (χ0n) is 16.2. The van der Waals surface area contributed by atoms with Gasteiger partial charge in [0.05, 0.1) is 13.7 Å². The van der Waals surface area contributed by atoms with Crippen LogP contribution >= 0.6 is 0 Å².